The van der Waals surface area contributed by atoms with Crippen LogP contribution in [0.4, 0.5) is 0 Å². The number of carbonyl (C=O) groups is 1. The van der Waals surface area contributed by atoms with Crippen LogP contribution in [0, 0.1) is 5.92 Å². The molecule has 76 valence electrons. The molecule has 0 radical (unpaired) electrons. The second-order valence-electron chi connectivity index (χ2n) is 3.87. The van der Waals surface area contributed by atoms with Gasteiger partial charge in [-0.3, -0.25) is 4.79 Å². The lowest BCUT2D eigenvalue weighted by Crippen LogP contribution is -2.43. The molecule has 0 saturated heterocycles. The zero-order valence-corrected chi connectivity index (χ0v) is 7.92. The van der Waals surface area contributed by atoms with E-state index in [1.807, 2.05) is 0 Å². The Morgan fingerprint density at radius 1 is 1.54 bits per heavy atom. The molecule has 4 nitrogen and oxygen atoms in total. The molecule has 1 aliphatic carbocycles. The van der Waals surface area contributed by atoms with Gasteiger partial charge < -0.3 is 15.5 Å². The van der Waals surface area contributed by atoms with Crippen LogP contribution < -0.4 is 5.32 Å². The van der Waals surface area contributed by atoms with Crippen LogP contribution in [0.1, 0.15) is 25.7 Å². The molecule has 1 fully saturated rings. The van der Waals surface area contributed by atoms with Crippen molar-refractivity contribution in [2.75, 3.05) is 13.6 Å². The summed E-state index contributed by atoms with van der Waals surface area (Å²) in [5.41, 5.74) is -0.680. The minimum atomic E-state index is -0.730. The smallest absolute Gasteiger partial charge is 0.306 e. The third kappa shape index (κ3) is 2.67. The lowest BCUT2D eigenvalue weighted by molar-refractivity contribution is -0.144. The van der Waals surface area contributed by atoms with E-state index in [9.17, 15) is 9.90 Å². The van der Waals surface area contributed by atoms with Crippen molar-refractivity contribution >= 4 is 5.97 Å². The summed E-state index contributed by atoms with van der Waals surface area (Å²) in [4.78, 5) is 10.6. The summed E-state index contributed by atoms with van der Waals surface area (Å²) >= 11 is 0. The minimum absolute atomic E-state index is 0.253. The Labute approximate surface area is 78.0 Å². The monoisotopic (exact) mass is 187 g/mol. The molecular weight excluding hydrogens is 170 g/mol. The highest BCUT2D eigenvalue weighted by Crippen LogP contribution is 2.31. The van der Waals surface area contributed by atoms with Crippen molar-refractivity contribution in [2.24, 2.45) is 5.92 Å². The van der Waals surface area contributed by atoms with Crippen molar-refractivity contribution in [1.82, 2.24) is 5.32 Å². The van der Waals surface area contributed by atoms with Gasteiger partial charge in [-0.25, -0.2) is 0 Å². The van der Waals surface area contributed by atoms with Gasteiger partial charge in [0.1, 0.15) is 0 Å². The number of aliphatic hydroxyl groups is 1. The van der Waals surface area contributed by atoms with E-state index >= 15 is 0 Å². The van der Waals surface area contributed by atoms with E-state index in [1.165, 1.54) is 0 Å². The summed E-state index contributed by atoms with van der Waals surface area (Å²) < 4.78 is 0. The van der Waals surface area contributed by atoms with E-state index in [4.69, 9.17) is 5.11 Å². The van der Waals surface area contributed by atoms with Gasteiger partial charge in [0.05, 0.1) is 11.5 Å². The maximum absolute atomic E-state index is 10.6. The van der Waals surface area contributed by atoms with Crippen molar-refractivity contribution in [1.29, 1.82) is 0 Å². The Bertz CT molecular complexity index is 185. The first-order chi connectivity index (χ1) is 6.07. The van der Waals surface area contributed by atoms with Crippen molar-refractivity contribution in [3.8, 4) is 0 Å². The van der Waals surface area contributed by atoms with Gasteiger partial charge in [-0.1, -0.05) is 0 Å². The Morgan fingerprint density at radius 3 is 2.46 bits per heavy atom. The van der Waals surface area contributed by atoms with Crippen LogP contribution in [0.15, 0.2) is 0 Å². The summed E-state index contributed by atoms with van der Waals surface area (Å²) in [5, 5.41) is 21.6. The van der Waals surface area contributed by atoms with Crippen molar-refractivity contribution in [2.45, 2.75) is 31.3 Å². The molecule has 0 aromatic carbocycles. The zero-order chi connectivity index (χ0) is 9.90. The predicted octanol–water partition coefficient (Wildman–Crippen LogP) is 0.212. The number of rotatable bonds is 3. The summed E-state index contributed by atoms with van der Waals surface area (Å²) in [6, 6.07) is 0. The fourth-order valence-electron chi connectivity index (χ4n) is 1.91. The highest BCUT2D eigenvalue weighted by molar-refractivity contribution is 5.70. The summed E-state index contributed by atoms with van der Waals surface area (Å²) in [5.74, 6) is -0.983. The second kappa shape index (κ2) is 4.07. The highest BCUT2D eigenvalue weighted by Gasteiger charge is 2.34. The quantitative estimate of drug-likeness (QED) is 0.591. The van der Waals surface area contributed by atoms with Crippen molar-refractivity contribution in [3.63, 3.8) is 0 Å². The van der Waals surface area contributed by atoms with Crippen LogP contribution in [-0.4, -0.2) is 35.4 Å². The van der Waals surface area contributed by atoms with Crippen LogP contribution in [0.2, 0.25) is 0 Å². The van der Waals surface area contributed by atoms with Crippen molar-refractivity contribution < 1.29 is 15.0 Å². The van der Waals surface area contributed by atoms with Gasteiger partial charge in [0, 0.05) is 6.54 Å². The third-order valence-corrected chi connectivity index (χ3v) is 2.77. The number of likely N-dealkylation sites (N-methyl/N-ethyl adjacent to an activating group) is 1. The average molecular weight is 187 g/mol. The standard InChI is InChI=1S/C9H17NO3/c1-10-6-9(13)4-2-7(3-5-9)8(11)12/h7,10,13H,2-6H2,1H3,(H,11,12). The van der Waals surface area contributed by atoms with Gasteiger partial charge in [-0.05, 0) is 32.7 Å². The molecule has 1 rings (SSSR count). The molecule has 13 heavy (non-hydrogen) atoms. The maximum Gasteiger partial charge on any atom is 0.306 e. The third-order valence-electron chi connectivity index (χ3n) is 2.77. The van der Waals surface area contributed by atoms with E-state index in [1.54, 1.807) is 7.05 Å². The normalized spacial score (nSPS) is 34.5. The number of carboxylic acids is 1. The van der Waals surface area contributed by atoms with Crippen LogP contribution in [0.25, 0.3) is 0 Å². The molecule has 0 atom stereocenters. The van der Waals surface area contributed by atoms with E-state index in [2.05, 4.69) is 5.32 Å². The van der Waals surface area contributed by atoms with Gasteiger partial charge in [-0.2, -0.15) is 0 Å². The predicted molar refractivity (Wildman–Crippen MR) is 48.5 cm³/mol. The van der Waals surface area contributed by atoms with Gasteiger partial charge in [0.15, 0.2) is 0 Å². The first kappa shape index (κ1) is 10.5. The van der Waals surface area contributed by atoms with Gasteiger partial charge >= 0.3 is 5.97 Å². The molecule has 0 aromatic heterocycles. The van der Waals surface area contributed by atoms with E-state index in [0.29, 0.717) is 32.2 Å². The SMILES string of the molecule is CNCC1(O)CCC(C(=O)O)CC1. The number of aliphatic carboxylic acids is 1. The second-order valence-corrected chi connectivity index (χ2v) is 3.87. The fourth-order valence-corrected chi connectivity index (χ4v) is 1.91. The molecule has 0 heterocycles. The van der Waals surface area contributed by atoms with Crippen molar-refractivity contribution in [3.05, 3.63) is 0 Å². The lowest BCUT2D eigenvalue weighted by atomic mass is 9.79. The Balaban J connectivity index is 2.41. The zero-order valence-electron chi connectivity index (χ0n) is 7.92. The fraction of sp³-hybridized carbons (Fsp3) is 0.889. The molecule has 1 saturated carbocycles. The number of nitrogens with one attached hydrogen (secondary N) is 1. The molecule has 0 unspecified atom stereocenters. The number of hydrogen-bond acceptors (Lipinski definition) is 3. The van der Waals surface area contributed by atoms with Crippen LogP contribution in [0.5, 0.6) is 0 Å². The van der Waals surface area contributed by atoms with Gasteiger partial charge in [-0.15, -0.1) is 0 Å². The lowest BCUT2D eigenvalue weighted by Gasteiger charge is -2.34. The molecule has 1 aliphatic rings. The van der Waals surface area contributed by atoms with Crippen LogP contribution in [0.3, 0.4) is 0 Å². The molecular formula is C9H17NO3. The van der Waals surface area contributed by atoms with Gasteiger partial charge in [0.2, 0.25) is 0 Å². The number of hydrogen-bond donors (Lipinski definition) is 3. The van der Waals surface area contributed by atoms with E-state index in [0.717, 1.165) is 0 Å². The largest absolute Gasteiger partial charge is 0.481 e. The molecule has 0 spiro atoms. The Morgan fingerprint density at radius 2 is 2.08 bits per heavy atom. The molecule has 0 bridgehead atoms. The van der Waals surface area contributed by atoms with Crippen LogP contribution in [-0.2, 0) is 4.79 Å². The van der Waals surface area contributed by atoms with Gasteiger partial charge in [0.25, 0.3) is 0 Å². The van der Waals surface area contributed by atoms with Crippen LogP contribution >= 0.6 is 0 Å². The average Bonchev–Trinajstić information content (AvgIpc) is 2.05. The van der Waals surface area contributed by atoms with E-state index in [-0.39, 0.29) is 5.92 Å². The Kier molecular flexibility index (Phi) is 3.27. The first-order valence-corrected chi connectivity index (χ1v) is 4.67. The molecule has 0 aromatic rings. The maximum atomic E-state index is 10.6. The minimum Gasteiger partial charge on any atom is -0.481 e. The topological polar surface area (TPSA) is 69.6 Å². The summed E-state index contributed by atoms with van der Waals surface area (Å²) in [6.45, 7) is 0.555. The Hall–Kier alpha value is -0.610. The van der Waals surface area contributed by atoms with E-state index < -0.39 is 11.6 Å². The number of carboxylic acid groups (broad SMARTS) is 1. The highest BCUT2D eigenvalue weighted by atomic mass is 16.4. The molecule has 3 N–H and O–H groups in total. The molecule has 0 aliphatic heterocycles. The summed E-state index contributed by atoms with van der Waals surface area (Å²) in [7, 11) is 1.79. The molecule has 0 amide bonds. The first-order valence-electron chi connectivity index (χ1n) is 4.67. The summed E-state index contributed by atoms with van der Waals surface area (Å²) in [6.07, 6.45) is 2.36. The molecule has 4 heteroatoms.